The van der Waals surface area contributed by atoms with Crippen molar-refractivity contribution in [2.75, 3.05) is 6.61 Å². The predicted molar refractivity (Wildman–Crippen MR) is 123 cm³/mol. The summed E-state index contributed by atoms with van der Waals surface area (Å²) in [5.41, 5.74) is 1.97. The third kappa shape index (κ3) is 4.90. The molecular weight excluding hydrogens is 449 g/mol. The fourth-order valence-corrected chi connectivity index (χ4v) is 3.50. The Morgan fingerprint density at radius 2 is 1.94 bits per heavy atom. The van der Waals surface area contributed by atoms with Crippen LogP contribution in [0.4, 0.5) is 4.39 Å². The van der Waals surface area contributed by atoms with Crippen LogP contribution in [0.5, 0.6) is 17.5 Å². The maximum Gasteiger partial charge on any atom is 0.336 e. The van der Waals surface area contributed by atoms with Gasteiger partial charge in [0.15, 0.2) is 5.65 Å². The number of rotatable bonds is 8. The number of nitrogens with one attached hydrogen (secondary N) is 1. The molecule has 4 rings (SSSR count). The van der Waals surface area contributed by atoms with Gasteiger partial charge in [-0.05, 0) is 49.2 Å². The van der Waals surface area contributed by atoms with Crippen molar-refractivity contribution in [1.29, 1.82) is 0 Å². The molecule has 2 heterocycles. The van der Waals surface area contributed by atoms with E-state index in [0.29, 0.717) is 29.2 Å². The SMILES string of the molecule is CCCCOc1ccc(-c2nc3nc(Oc4ccc(C)c(C(=O)O)c4)[nH]c3cc2Cl)c(F)c1. The number of carboxylic acid groups (broad SMARTS) is 1. The number of aryl methyl sites for hydroxylation is 1. The van der Waals surface area contributed by atoms with Gasteiger partial charge >= 0.3 is 12.0 Å². The number of pyridine rings is 1. The van der Waals surface area contributed by atoms with Gasteiger partial charge in [0, 0.05) is 11.6 Å². The summed E-state index contributed by atoms with van der Waals surface area (Å²) in [5, 5.41) is 9.53. The summed E-state index contributed by atoms with van der Waals surface area (Å²) >= 11 is 6.38. The summed E-state index contributed by atoms with van der Waals surface area (Å²) in [5.74, 6) is -0.820. The zero-order chi connectivity index (χ0) is 23.5. The average molecular weight is 470 g/mol. The van der Waals surface area contributed by atoms with Crippen molar-refractivity contribution in [2.45, 2.75) is 26.7 Å². The number of halogens is 2. The molecule has 2 N–H and O–H groups in total. The molecule has 7 nitrogen and oxygen atoms in total. The molecule has 0 atom stereocenters. The molecule has 0 aliphatic rings. The van der Waals surface area contributed by atoms with Gasteiger partial charge < -0.3 is 19.6 Å². The average Bonchev–Trinajstić information content (AvgIpc) is 3.15. The molecule has 170 valence electrons. The van der Waals surface area contributed by atoms with Crippen LogP contribution in [0.25, 0.3) is 22.4 Å². The van der Waals surface area contributed by atoms with Crippen LogP contribution in [-0.2, 0) is 0 Å². The fourth-order valence-electron chi connectivity index (χ4n) is 3.25. The van der Waals surface area contributed by atoms with Crippen molar-refractivity contribution in [2.24, 2.45) is 0 Å². The van der Waals surface area contributed by atoms with Gasteiger partial charge in [-0.2, -0.15) is 4.98 Å². The molecule has 0 bridgehead atoms. The zero-order valence-corrected chi connectivity index (χ0v) is 18.7. The Morgan fingerprint density at radius 1 is 1.15 bits per heavy atom. The Kier molecular flexibility index (Phi) is 6.46. The van der Waals surface area contributed by atoms with E-state index in [1.807, 2.05) is 0 Å². The van der Waals surface area contributed by atoms with Gasteiger partial charge in [0.1, 0.15) is 17.3 Å². The Labute approximate surface area is 194 Å². The summed E-state index contributed by atoms with van der Waals surface area (Å²) in [6, 6.07) is 10.9. The second-order valence-electron chi connectivity index (χ2n) is 7.46. The first-order chi connectivity index (χ1) is 15.9. The molecule has 2 aromatic heterocycles. The monoisotopic (exact) mass is 469 g/mol. The molecule has 0 unspecified atom stereocenters. The van der Waals surface area contributed by atoms with Crippen LogP contribution in [0.3, 0.4) is 0 Å². The summed E-state index contributed by atoms with van der Waals surface area (Å²) in [4.78, 5) is 23.0. The van der Waals surface area contributed by atoms with E-state index in [1.165, 1.54) is 12.1 Å². The van der Waals surface area contributed by atoms with E-state index in [-0.39, 0.29) is 33.5 Å². The van der Waals surface area contributed by atoms with Crippen molar-refractivity contribution in [3.05, 3.63) is 64.4 Å². The van der Waals surface area contributed by atoms with E-state index in [4.69, 9.17) is 21.1 Å². The second kappa shape index (κ2) is 9.46. The van der Waals surface area contributed by atoms with Crippen LogP contribution in [-0.4, -0.2) is 32.6 Å². The fraction of sp³-hybridized carbons (Fsp3) is 0.208. The first-order valence-electron chi connectivity index (χ1n) is 10.4. The first kappa shape index (κ1) is 22.5. The number of hydrogen-bond donors (Lipinski definition) is 2. The van der Waals surface area contributed by atoms with E-state index < -0.39 is 11.8 Å². The minimum absolute atomic E-state index is 0.103. The van der Waals surface area contributed by atoms with Crippen molar-refractivity contribution >= 4 is 28.7 Å². The number of H-pyrrole nitrogens is 1. The van der Waals surface area contributed by atoms with E-state index in [2.05, 4.69) is 21.9 Å². The van der Waals surface area contributed by atoms with Crippen LogP contribution in [0, 0.1) is 12.7 Å². The van der Waals surface area contributed by atoms with Crippen LogP contribution in [0.1, 0.15) is 35.7 Å². The van der Waals surface area contributed by atoms with Crippen molar-refractivity contribution < 1.29 is 23.8 Å². The number of nitrogens with zero attached hydrogens (tertiary/aromatic N) is 2. The number of unbranched alkanes of at least 4 members (excludes halogenated alkanes) is 1. The number of carboxylic acids is 1. The number of carbonyl (C=O) groups is 1. The predicted octanol–water partition coefficient (Wildman–Crippen LogP) is 6.40. The number of hydrogen-bond acceptors (Lipinski definition) is 5. The number of aromatic nitrogens is 3. The third-order valence-electron chi connectivity index (χ3n) is 5.02. The molecule has 0 aliphatic heterocycles. The number of aromatic carboxylic acids is 1. The Balaban J connectivity index is 1.62. The van der Waals surface area contributed by atoms with E-state index >= 15 is 0 Å². The van der Waals surface area contributed by atoms with Crippen LogP contribution < -0.4 is 9.47 Å². The molecule has 0 saturated heterocycles. The molecule has 0 aliphatic carbocycles. The largest absolute Gasteiger partial charge is 0.493 e. The molecule has 0 radical (unpaired) electrons. The number of ether oxygens (including phenoxy) is 2. The standard InChI is InChI=1S/C24H21ClFN3O4/c1-3-4-9-32-14-7-8-16(19(26)11-14)21-18(25)12-20-22(28-21)29-24(27-20)33-15-6-5-13(2)17(10-15)23(30)31/h5-8,10-12H,3-4,9H2,1-2H3,(H,30,31)(H,27,28,29). The smallest absolute Gasteiger partial charge is 0.336 e. The van der Waals surface area contributed by atoms with Crippen molar-refractivity contribution in [1.82, 2.24) is 15.0 Å². The third-order valence-corrected chi connectivity index (χ3v) is 5.31. The maximum absolute atomic E-state index is 14.8. The van der Waals surface area contributed by atoms with Crippen molar-refractivity contribution in [3.8, 4) is 28.8 Å². The van der Waals surface area contributed by atoms with Gasteiger partial charge in [0.2, 0.25) is 0 Å². The topological polar surface area (TPSA) is 97.3 Å². The zero-order valence-electron chi connectivity index (χ0n) is 18.0. The molecule has 33 heavy (non-hydrogen) atoms. The van der Waals surface area contributed by atoms with Gasteiger partial charge in [-0.25, -0.2) is 14.2 Å². The summed E-state index contributed by atoms with van der Waals surface area (Å²) in [7, 11) is 0. The van der Waals surface area contributed by atoms with Gasteiger partial charge in [-0.15, -0.1) is 0 Å². The normalized spacial score (nSPS) is 11.0. The minimum Gasteiger partial charge on any atom is -0.493 e. The number of imidazole rings is 1. The molecule has 4 aromatic rings. The van der Waals surface area contributed by atoms with Gasteiger partial charge in [-0.1, -0.05) is 31.0 Å². The second-order valence-corrected chi connectivity index (χ2v) is 7.87. The number of fused-ring (bicyclic) bond motifs is 1. The quantitative estimate of drug-likeness (QED) is 0.290. The van der Waals surface area contributed by atoms with E-state index in [0.717, 1.165) is 12.8 Å². The number of benzene rings is 2. The van der Waals surface area contributed by atoms with E-state index in [1.54, 1.807) is 37.3 Å². The van der Waals surface area contributed by atoms with E-state index in [9.17, 15) is 14.3 Å². The molecule has 0 spiro atoms. The van der Waals surface area contributed by atoms with Gasteiger partial charge in [-0.3, -0.25) is 0 Å². The Morgan fingerprint density at radius 3 is 2.67 bits per heavy atom. The minimum atomic E-state index is -1.05. The summed E-state index contributed by atoms with van der Waals surface area (Å²) in [6.07, 6.45) is 1.87. The molecule has 2 aromatic carbocycles. The number of aromatic amines is 1. The molecular formula is C24H21ClFN3O4. The summed E-state index contributed by atoms with van der Waals surface area (Å²) < 4.78 is 26.0. The lowest BCUT2D eigenvalue weighted by atomic mass is 10.1. The van der Waals surface area contributed by atoms with Gasteiger partial charge in [0.05, 0.1) is 28.4 Å². The van der Waals surface area contributed by atoms with Crippen LogP contribution in [0.2, 0.25) is 5.02 Å². The highest BCUT2D eigenvalue weighted by molar-refractivity contribution is 6.33. The molecule has 0 fully saturated rings. The molecule has 9 heteroatoms. The van der Waals surface area contributed by atoms with Crippen molar-refractivity contribution in [3.63, 3.8) is 0 Å². The highest BCUT2D eigenvalue weighted by Crippen LogP contribution is 2.33. The van der Waals surface area contributed by atoms with Crippen LogP contribution >= 0.6 is 11.6 Å². The molecule has 0 saturated carbocycles. The highest BCUT2D eigenvalue weighted by Gasteiger charge is 2.16. The van der Waals surface area contributed by atoms with Gasteiger partial charge in [0.25, 0.3) is 0 Å². The Hall–Kier alpha value is -3.65. The lowest BCUT2D eigenvalue weighted by Gasteiger charge is -2.09. The maximum atomic E-state index is 14.8. The summed E-state index contributed by atoms with van der Waals surface area (Å²) in [6.45, 7) is 4.27. The first-order valence-corrected chi connectivity index (χ1v) is 10.7. The lowest BCUT2D eigenvalue weighted by Crippen LogP contribution is -2.00. The van der Waals surface area contributed by atoms with Crippen LogP contribution in [0.15, 0.2) is 42.5 Å². The Bertz CT molecular complexity index is 1340. The lowest BCUT2D eigenvalue weighted by molar-refractivity contribution is 0.0695. The molecule has 0 amide bonds. The highest BCUT2D eigenvalue weighted by atomic mass is 35.5.